The van der Waals surface area contributed by atoms with E-state index in [1.165, 1.54) is 6.08 Å². The van der Waals surface area contributed by atoms with Crippen LogP contribution in [0.1, 0.15) is 28.9 Å². The van der Waals surface area contributed by atoms with E-state index in [2.05, 4.69) is 20.9 Å². The first-order valence-corrected chi connectivity index (χ1v) is 11.3. The van der Waals surface area contributed by atoms with Gasteiger partial charge >= 0.3 is 11.8 Å². The molecule has 31 heavy (non-hydrogen) atoms. The molecule has 0 aliphatic carbocycles. The first-order valence-electron chi connectivity index (χ1n) is 10.3. The van der Waals surface area contributed by atoms with Gasteiger partial charge in [-0.25, -0.2) is 0 Å². The van der Waals surface area contributed by atoms with Crippen LogP contribution in [0.4, 0.5) is 5.69 Å². The number of ketones is 1. The molecule has 1 fully saturated rings. The van der Waals surface area contributed by atoms with Gasteiger partial charge in [-0.15, -0.1) is 0 Å². The molecule has 2 aromatic rings. The van der Waals surface area contributed by atoms with Gasteiger partial charge in [0.05, 0.1) is 5.69 Å². The minimum absolute atomic E-state index is 0.174. The van der Waals surface area contributed by atoms with Crippen LogP contribution in [0.15, 0.2) is 54.7 Å². The maximum absolute atomic E-state index is 12.2. The van der Waals surface area contributed by atoms with Gasteiger partial charge in [-0.1, -0.05) is 6.07 Å². The van der Waals surface area contributed by atoms with Gasteiger partial charge in [-0.05, 0) is 74.5 Å². The second-order valence-electron chi connectivity index (χ2n) is 7.06. The van der Waals surface area contributed by atoms with E-state index in [0.29, 0.717) is 28.7 Å². The van der Waals surface area contributed by atoms with E-state index in [4.69, 9.17) is 0 Å². The lowest BCUT2D eigenvalue weighted by Crippen LogP contribution is -2.37. The fourth-order valence-electron chi connectivity index (χ4n) is 3.07. The summed E-state index contributed by atoms with van der Waals surface area (Å²) in [5, 5.41) is 9.14. The Morgan fingerprint density at radius 3 is 2.55 bits per heavy atom. The fraction of sp³-hybridized carbons (Fsp3) is 0.304. The highest BCUT2D eigenvalue weighted by Gasteiger charge is 2.15. The lowest BCUT2D eigenvalue weighted by Gasteiger charge is -2.21. The summed E-state index contributed by atoms with van der Waals surface area (Å²) in [7, 11) is 0. The van der Waals surface area contributed by atoms with Crippen molar-refractivity contribution in [2.75, 3.05) is 30.7 Å². The number of allylic oxidation sites excluding steroid dienone is 1. The highest BCUT2D eigenvalue weighted by atomic mass is 32.2. The summed E-state index contributed by atoms with van der Waals surface area (Å²) in [6.45, 7) is 2.53. The number of anilines is 1. The molecule has 1 aliphatic heterocycles. The molecule has 1 aromatic carbocycles. The average Bonchev–Trinajstić information content (AvgIpc) is 2.82. The Kier molecular flexibility index (Phi) is 8.81. The summed E-state index contributed by atoms with van der Waals surface area (Å²) in [5.41, 5.74) is 1.62. The van der Waals surface area contributed by atoms with Crippen molar-refractivity contribution in [1.82, 2.24) is 15.6 Å². The van der Waals surface area contributed by atoms with E-state index < -0.39 is 11.8 Å². The Labute approximate surface area is 186 Å². The monoisotopic (exact) mass is 438 g/mol. The van der Waals surface area contributed by atoms with Crippen LogP contribution in [0.3, 0.4) is 0 Å². The lowest BCUT2D eigenvalue weighted by atomic mass is 10.1. The summed E-state index contributed by atoms with van der Waals surface area (Å²) in [5.74, 6) is -0.773. The molecular weight excluding hydrogens is 412 g/mol. The Bertz CT molecular complexity index is 910. The number of pyridine rings is 1. The van der Waals surface area contributed by atoms with Crippen LogP contribution < -0.4 is 16.0 Å². The third-order valence-electron chi connectivity index (χ3n) is 4.75. The number of nitrogens with zero attached hydrogens (tertiary/aromatic N) is 1. The van der Waals surface area contributed by atoms with Crippen molar-refractivity contribution in [1.29, 1.82) is 0 Å². The summed E-state index contributed by atoms with van der Waals surface area (Å²) < 4.78 is 0. The molecule has 3 N–H and O–H groups in total. The number of nitrogens with one attached hydrogen (secondary N) is 3. The number of piperidine rings is 1. The molecule has 0 spiro atoms. The van der Waals surface area contributed by atoms with Crippen LogP contribution >= 0.6 is 11.8 Å². The Morgan fingerprint density at radius 1 is 1.06 bits per heavy atom. The topological polar surface area (TPSA) is 100 Å². The molecule has 2 heterocycles. The van der Waals surface area contributed by atoms with Gasteiger partial charge in [0, 0.05) is 35.0 Å². The van der Waals surface area contributed by atoms with E-state index in [0.717, 1.165) is 31.7 Å². The molecule has 0 radical (unpaired) electrons. The van der Waals surface area contributed by atoms with Crippen molar-refractivity contribution in [3.8, 4) is 0 Å². The molecule has 3 rings (SSSR count). The maximum atomic E-state index is 12.2. The quantitative estimate of drug-likeness (QED) is 0.253. The summed E-state index contributed by atoms with van der Waals surface area (Å²) in [6, 6.07) is 11.9. The van der Waals surface area contributed by atoms with E-state index in [-0.39, 0.29) is 5.78 Å². The van der Waals surface area contributed by atoms with Crippen molar-refractivity contribution in [2.24, 2.45) is 0 Å². The zero-order valence-corrected chi connectivity index (χ0v) is 18.0. The molecule has 7 nitrogen and oxygen atoms in total. The van der Waals surface area contributed by atoms with E-state index in [1.807, 2.05) is 17.8 Å². The van der Waals surface area contributed by atoms with Gasteiger partial charge < -0.3 is 16.0 Å². The van der Waals surface area contributed by atoms with Gasteiger partial charge in [-0.2, -0.15) is 11.8 Å². The minimum Gasteiger partial charge on any atom is -0.347 e. The molecule has 1 aromatic heterocycles. The first kappa shape index (κ1) is 22.7. The minimum atomic E-state index is -0.721. The predicted molar refractivity (Wildman–Crippen MR) is 124 cm³/mol. The number of amides is 2. The highest BCUT2D eigenvalue weighted by Crippen LogP contribution is 2.19. The predicted octanol–water partition coefficient (Wildman–Crippen LogP) is 2.52. The molecule has 162 valence electrons. The van der Waals surface area contributed by atoms with Gasteiger partial charge in [0.15, 0.2) is 5.78 Å². The molecular formula is C23H26N4O3S. The molecule has 2 amide bonds. The molecule has 0 unspecified atom stereocenters. The number of hydrogen-bond acceptors (Lipinski definition) is 6. The van der Waals surface area contributed by atoms with E-state index in [1.54, 1.807) is 48.7 Å². The number of carbonyl (C=O) groups excluding carboxylic acids is 3. The Balaban J connectivity index is 1.41. The molecule has 0 saturated carbocycles. The highest BCUT2D eigenvalue weighted by molar-refractivity contribution is 7.99. The largest absolute Gasteiger partial charge is 0.347 e. The van der Waals surface area contributed by atoms with Crippen molar-refractivity contribution in [2.45, 2.75) is 18.1 Å². The second-order valence-corrected chi connectivity index (χ2v) is 8.47. The molecule has 0 bridgehead atoms. The molecule has 1 saturated heterocycles. The normalized spacial score (nSPS) is 14.3. The molecule has 0 atom stereocenters. The van der Waals surface area contributed by atoms with Gasteiger partial charge in [0.1, 0.15) is 0 Å². The zero-order chi connectivity index (χ0) is 21.9. The van der Waals surface area contributed by atoms with Gasteiger partial charge in [-0.3, -0.25) is 19.4 Å². The summed E-state index contributed by atoms with van der Waals surface area (Å²) in [4.78, 5) is 40.4. The lowest BCUT2D eigenvalue weighted by molar-refractivity contribution is -0.136. The van der Waals surface area contributed by atoms with Crippen LogP contribution in [0.5, 0.6) is 0 Å². The van der Waals surface area contributed by atoms with Crippen molar-refractivity contribution < 1.29 is 14.4 Å². The standard InChI is InChI=1S/C23H26N4O3S/c28-21(9-8-18-3-1-2-12-25-18)17-4-6-19(7-5-17)27-23(30)22(29)26-15-16-31-20-10-13-24-14-11-20/h1-9,12,20,24H,10-11,13-16H2,(H,26,29)(H,27,30). The Hall–Kier alpha value is -2.97. The number of aromatic nitrogens is 1. The first-order chi connectivity index (χ1) is 15.1. The number of rotatable bonds is 8. The summed E-state index contributed by atoms with van der Waals surface area (Å²) >= 11 is 1.83. The second kappa shape index (κ2) is 12.0. The van der Waals surface area contributed by atoms with Crippen molar-refractivity contribution >= 4 is 41.1 Å². The number of carbonyl (C=O) groups is 3. The third kappa shape index (κ3) is 7.66. The number of benzene rings is 1. The maximum Gasteiger partial charge on any atom is 0.313 e. The van der Waals surface area contributed by atoms with Crippen LogP contribution in [0.2, 0.25) is 0 Å². The third-order valence-corrected chi connectivity index (χ3v) is 6.14. The fourth-order valence-corrected chi connectivity index (χ4v) is 4.19. The van der Waals surface area contributed by atoms with Gasteiger partial charge in [0.2, 0.25) is 0 Å². The van der Waals surface area contributed by atoms with Crippen molar-refractivity contribution in [3.63, 3.8) is 0 Å². The molecule has 8 heteroatoms. The van der Waals surface area contributed by atoms with Crippen LogP contribution in [-0.2, 0) is 9.59 Å². The van der Waals surface area contributed by atoms with E-state index in [9.17, 15) is 14.4 Å². The van der Waals surface area contributed by atoms with Crippen LogP contribution in [0, 0.1) is 0 Å². The number of hydrogen-bond donors (Lipinski definition) is 3. The number of thioether (sulfide) groups is 1. The van der Waals surface area contributed by atoms with Crippen LogP contribution in [0.25, 0.3) is 6.08 Å². The zero-order valence-electron chi connectivity index (χ0n) is 17.2. The smallest absolute Gasteiger partial charge is 0.313 e. The van der Waals surface area contributed by atoms with Crippen molar-refractivity contribution in [3.05, 3.63) is 66.0 Å². The average molecular weight is 439 g/mol. The van der Waals surface area contributed by atoms with Gasteiger partial charge in [0.25, 0.3) is 0 Å². The SMILES string of the molecule is O=C(NCCSC1CCNCC1)C(=O)Nc1ccc(C(=O)C=Cc2ccccn2)cc1. The molecule has 1 aliphatic rings. The van der Waals surface area contributed by atoms with E-state index >= 15 is 0 Å². The van der Waals surface area contributed by atoms with Crippen LogP contribution in [-0.4, -0.2) is 53.2 Å². The summed E-state index contributed by atoms with van der Waals surface area (Å²) in [6.07, 6.45) is 7.02. The Morgan fingerprint density at radius 2 is 1.84 bits per heavy atom.